The first-order chi connectivity index (χ1) is 8.74. The zero-order valence-electron chi connectivity index (χ0n) is 10.7. The summed E-state index contributed by atoms with van der Waals surface area (Å²) < 4.78 is 4.86. The quantitative estimate of drug-likeness (QED) is 0.863. The summed E-state index contributed by atoms with van der Waals surface area (Å²) in [5.41, 5.74) is 2.16. The molecule has 18 heavy (non-hydrogen) atoms. The summed E-state index contributed by atoms with van der Waals surface area (Å²) >= 11 is 5.32. The van der Waals surface area contributed by atoms with E-state index in [1.807, 2.05) is 4.68 Å². The molecule has 1 fully saturated rings. The molecule has 5 nitrogen and oxygen atoms in total. The number of H-pyrrole nitrogens is 1. The Morgan fingerprint density at radius 3 is 2.83 bits per heavy atom. The van der Waals surface area contributed by atoms with Crippen LogP contribution in [0.2, 0.25) is 0 Å². The molecule has 0 saturated heterocycles. The maximum absolute atomic E-state index is 5.32. The second-order valence-corrected chi connectivity index (χ2v) is 5.03. The molecule has 1 aliphatic carbocycles. The van der Waals surface area contributed by atoms with Crippen molar-refractivity contribution in [2.24, 2.45) is 0 Å². The third-order valence-electron chi connectivity index (χ3n) is 3.34. The first-order valence-electron chi connectivity index (χ1n) is 6.48. The van der Waals surface area contributed by atoms with Crippen LogP contribution in [-0.4, -0.2) is 24.5 Å². The van der Waals surface area contributed by atoms with Gasteiger partial charge in [-0.15, -0.1) is 0 Å². The fourth-order valence-corrected chi connectivity index (χ4v) is 2.50. The molecular weight excluding hydrogens is 246 g/mol. The van der Waals surface area contributed by atoms with Gasteiger partial charge in [-0.2, -0.15) is 10.2 Å². The number of hydrogen-bond acceptors (Lipinski definition) is 3. The highest BCUT2D eigenvalue weighted by Crippen LogP contribution is 2.38. The van der Waals surface area contributed by atoms with Gasteiger partial charge in [-0.05, 0) is 44.5 Å². The Hall–Kier alpha value is -1.43. The molecule has 0 aromatic carbocycles. The first-order valence-corrected chi connectivity index (χ1v) is 6.89. The Bertz CT molecular complexity index is 617. The highest BCUT2D eigenvalue weighted by Gasteiger charge is 2.28. The van der Waals surface area contributed by atoms with Crippen LogP contribution in [0.1, 0.15) is 38.4 Å². The standard InChI is InChI=1S/C12H17N5S/c1-3-8-7-10(16(4-2)15-8)11-13-14-12(18)17(11)9-5-6-9/h7,9H,3-6H2,1-2H3,(H,14,18). The second-order valence-electron chi connectivity index (χ2n) is 4.64. The lowest BCUT2D eigenvalue weighted by Crippen LogP contribution is -2.04. The molecule has 0 aliphatic heterocycles. The summed E-state index contributed by atoms with van der Waals surface area (Å²) in [5, 5.41) is 11.9. The van der Waals surface area contributed by atoms with Crippen molar-refractivity contribution in [3.8, 4) is 11.5 Å². The van der Waals surface area contributed by atoms with Crippen LogP contribution in [0.15, 0.2) is 6.07 Å². The number of aromatic amines is 1. The molecule has 0 unspecified atom stereocenters. The summed E-state index contributed by atoms with van der Waals surface area (Å²) in [5.74, 6) is 0.927. The Morgan fingerprint density at radius 1 is 1.44 bits per heavy atom. The molecule has 0 radical (unpaired) electrons. The molecule has 6 heteroatoms. The Balaban J connectivity index is 2.14. The maximum atomic E-state index is 5.32. The average Bonchev–Trinajstić information content (AvgIpc) is 3.01. The lowest BCUT2D eigenvalue weighted by atomic mass is 10.3. The third-order valence-corrected chi connectivity index (χ3v) is 3.63. The number of hydrogen-bond donors (Lipinski definition) is 1. The highest BCUT2D eigenvalue weighted by molar-refractivity contribution is 7.71. The van der Waals surface area contributed by atoms with Crippen LogP contribution < -0.4 is 0 Å². The molecule has 0 spiro atoms. The fourth-order valence-electron chi connectivity index (χ4n) is 2.22. The minimum absolute atomic E-state index is 0.525. The van der Waals surface area contributed by atoms with Crippen LogP contribution in [0.4, 0.5) is 0 Å². The molecule has 0 amide bonds. The van der Waals surface area contributed by atoms with Gasteiger partial charge in [0.1, 0.15) is 5.69 Å². The monoisotopic (exact) mass is 263 g/mol. The van der Waals surface area contributed by atoms with E-state index < -0.39 is 0 Å². The van der Waals surface area contributed by atoms with Crippen LogP contribution in [0.25, 0.3) is 11.5 Å². The minimum atomic E-state index is 0.525. The number of aromatic nitrogens is 5. The van der Waals surface area contributed by atoms with Crippen molar-refractivity contribution in [3.63, 3.8) is 0 Å². The van der Waals surface area contributed by atoms with Crippen LogP contribution in [-0.2, 0) is 13.0 Å². The summed E-state index contributed by atoms with van der Waals surface area (Å²) in [6.07, 6.45) is 3.33. The van der Waals surface area contributed by atoms with E-state index in [1.165, 1.54) is 12.8 Å². The number of rotatable bonds is 4. The highest BCUT2D eigenvalue weighted by atomic mass is 32.1. The van der Waals surface area contributed by atoms with Crippen molar-refractivity contribution in [1.29, 1.82) is 0 Å². The smallest absolute Gasteiger partial charge is 0.195 e. The fraction of sp³-hybridized carbons (Fsp3) is 0.583. The maximum Gasteiger partial charge on any atom is 0.195 e. The van der Waals surface area contributed by atoms with Gasteiger partial charge in [0.2, 0.25) is 0 Å². The van der Waals surface area contributed by atoms with Gasteiger partial charge in [0, 0.05) is 12.6 Å². The van der Waals surface area contributed by atoms with Crippen molar-refractivity contribution in [2.45, 2.75) is 45.7 Å². The molecule has 0 atom stereocenters. The zero-order chi connectivity index (χ0) is 12.7. The van der Waals surface area contributed by atoms with Crippen molar-refractivity contribution >= 4 is 12.2 Å². The molecule has 96 valence electrons. The van der Waals surface area contributed by atoms with Crippen molar-refractivity contribution in [1.82, 2.24) is 24.5 Å². The second kappa shape index (κ2) is 4.35. The molecular formula is C12H17N5S. The summed E-state index contributed by atoms with van der Waals surface area (Å²) in [6.45, 7) is 5.06. The summed E-state index contributed by atoms with van der Waals surface area (Å²) in [4.78, 5) is 0. The van der Waals surface area contributed by atoms with Gasteiger partial charge in [-0.25, -0.2) is 0 Å². The molecule has 2 aromatic heterocycles. The summed E-state index contributed by atoms with van der Waals surface area (Å²) in [7, 11) is 0. The van der Waals surface area contributed by atoms with Gasteiger partial charge in [-0.3, -0.25) is 14.3 Å². The zero-order valence-corrected chi connectivity index (χ0v) is 11.5. The van der Waals surface area contributed by atoms with Gasteiger partial charge in [0.15, 0.2) is 10.6 Å². The predicted octanol–water partition coefficient (Wildman–Crippen LogP) is 2.72. The van der Waals surface area contributed by atoms with Crippen LogP contribution >= 0.6 is 12.2 Å². The number of nitrogens with zero attached hydrogens (tertiary/aromatic N) is 4. The first kappa shape index (κ1) is 11.6. The van der Waals surface area contributed by atoms with Crippen molar-refractivity contribution < 1.29 is 0 Å². The number of nitrogens with one attached hydrogen (secondary N) is 1. The Kier molecular flexibility index (Phi) is 2.81. The topological polar surface area (TPSA) is 51.4 Å². The van der Waals surface area contributed by atoms with E-state index in [4.69, 9.17) is 12.2 Å². The lowest BCUT2D eigenvalue weighted by molar-refractivity contribution is 0.643. The molecule has 1 aliphatic rings. The average molecular weight is 263 g/mol. The van der Waals surface area contributed by atoms with E-state index in [9.17, 15) is 0 Å². The van der Waals surface area contributed by atoms with E-state index >= 15 is 0 Å². The Labute approximate surface area is 111 Å². The minimum Gasteiger partial charge on any atom is -0.296 e. The van der Waals surface area contributed by atoms with E-state index in [0.29, 0.717) is 6.04 Å². The van der Waals surface area contributed by atoms with Crippen LogP contribution in [0, 0.1) is 4.77 Å². The van der Waals surface area contributed by atoms with Gasteiger partial charge in [0.25, 0.3) is 0 Å². The predicted molar refractivity (Wildman–Crippen MR) is 72.0 cm³/mol. The molecule has 2 aromatic rings. The summed E-state index contributed by atoms with van der Waals surface area (Å²) in [6, 6.07) is 2.64. The van der Waals surface area contributed by atoms with Crippen molar-refractivity contribution in [2.75, 3.05) is 0 Å². The number of aryl methyl sites for hydroxylation is 2. The molecule has 2 heterocycles. The van der Waals surface area contributed by atoms with Crippen LogP contribution in [0.5, 0.6) is 0 Å². The van der Waals surface area contributed by atoms with E-state index in [1.54, 1.807) is 0 Å². The van der Waals surface area contributed by atoms with Gasteiger partial charge in [0.05, 0.1) is 5.69 Å². The molecule has 1 saturated carbocycles. The normalized spacial score (nSPS) is 15.2. The third kappa shape index (κ3) is 1.80. The van der Waals surface area contributed by atoms with E-state index in [2.05, 4.69) is 39.8 Å². The van der Waals surface area contributed by atoms with Crippen molar-refractivity contribution in [3.05, 3.63) is 16.5 Å². The molecule has 3 rings (SSSR count). The van der Waals surface area contributed by atoms with E-state index in [0.717, 1.165) is 34.9 Å². The van der Waals surface area contributed by atoms with Gasteiger partial charge < -0.3 is 0 Å². The molecule has 0 bridgehead atoms. The SMILES string of the molecule is CCc1cc(-c2n[nH]c(=S)n2C2CC2)n(CC)n1. The lowest BCUT2D eigenvalue weighted by Gasteiger charge is -2.06. The Morgan fingerprint density at radius 2 is 2.22 bits per heavy atom. The van der Waals surface area contributed by atoms with E-state index in [-0.39, 0.29) is 0 Å². The van der Waals surface area contributed by atoms with Crippen LogP contribution in [0.3, 0.4) is 0 Å². The van der Waals surface area contributed by atoms with Gasteiger partial charge in [-0.1, -0.05) is 6.92 Å². The largest absolute Gasteiger partial charge is 0.296 e. The van der Waals surface area contributed by atoms with Gasteiger partial charge >= 0.3 is 0 Å². The molecule has 1 N–H and O–H groups in total.